The van der Waals surface area contributed by atoms with Gasteiger partial charge in [-0.15, -0.1) is 0 Å². The molecule has 32 heavy (non-hydrogen) atoms. The molecule has 0 unspecified atom stereocenters. The zero-order valence-electron chi connectivity index (χ0n) is 16.5. The Morgan fingerprint density at radius 3 is 2.28 bits per heavy atom. The molecule has 4 aromatic rings. The molecular formula is C23H16F2N4O3. The van der Waals surface area contributed by atoms with Gasteiger partial charge >= 0.3 is 5.69 Å². The van der Waals surface area contributed by atoms with E-state index in [1.807, 2.05) is 0 Å². The van der Waals surface area contributed by atoms with Gasteiger partial charge in [0.25, 0.3) is 11.5 Å². The molecule has 4 rings (SSSR count). The van der Waals surface area contributed by atoms with E-state index in [4.69, 9.17) is 0 Å². The third kappa shape index (κ3) is 4.36. The number of anilines is 1. The van der Waals surface area contributed by atoms with Gasteiger partial charge in [-0.1, -0.05) is 30.3 Å². The molecule has 1 amide bonds. The Morgan fingerprint density at radius 1 is 0.875 bits per heavy atom. The minimum Gasteiger partial charge on any atom is -0.320 e. The number of benzene rings is 3. The lowest BCUT2D eigenvalue weighted by Gasteiger charge is -2.12. The normalized spacial score (nSPS) is 10.7. The average molecular weight is 434 g/mol. The summed E-state index contributed by atoms with van der Waals surface area (Å²) in [5.74, 6) is -1.90. The van der Waals surface area contributed by atoms with Crippen LogP contribution in [0.25, 0.3) is 5.69 Å². The predicted molar refractivity (Wildman–Crippen MR) is 114 cm³/mol. The summed E-state index contributed by atoms with van der Waals surface area (Å²) in [5.41, 5.74) is -1.43. The maximum atomic E-state index is 13.6. The predicted octanol–water partition coefficient (Wildman–Crippen LogP) is 2.97. The first-order valence-corrected chi connectivity index (χ1v) is 9.53. The maximum Gasteiger partial charge on any atom is 0.352 e. The Labute approximate surface area is 180 Å². The quantitative estimate of drug-likeness (QED) is 0.523. The van der Waals surface area contributed by atoms with Gasteiger partial charge < -0.3 is 5.32 Å². The lowest BCUT2D eigenvalue weighted by atomic mass is 10.2. The van der Waals surface area contributed by atoms with Crippen LogP contribution >= 0.6 is 0 Å². The zero-order valence-corrected chi connectivity index (χ0v) is 16.5. The molecular weight excluding hydrogens is 418 g/mol. The van der Waals surface area contributed by atoms with Crippen molar-refractivity contribution in [2.45, 2.75) is 6.54 Å². The molecule has 160 valence electrons. The van der Waals surface area contributed by atoms with E-state index in [1.54, 1.807) is 36.4 Å². The van der Waals surface area contributed by atoms with Crippen LogP contribution in [0.1, 0.15) is 16.1 Å². The van der Waals surface area contributed by atoms with Crippen molar-refractivity contribution in [3.8, 4) is 5.69 Å². The van der Waals surface area contributed by atoms with E-state index >= 15 is 0 Å². The van der Waals surface area contributed by atoms with Crippen molar-refractivity contribution in [2.75, 3.05) is 5.32 Å². The first-order valence-electron chi connectivity index (χ1n) is 9.53. The van der Waals surface area contributed by atoms with Gasteiger partial charge in [0.05, 0.1) is 12.2 Å². The van der Waals surface area contributed by atoms with Crippen LogP contribution in [0.3, 0.4) is 0 Å². The number of halogens is 2. The third-order valence-corrected chi connectivity index (χ3v) is 4.61. The number of aromatic nitrogens is 3. The molecule has 0 bridgehead atoms. The van der Waals surface area contributed by atoms with Crippen LogP contribution in [0.5, 0.6) is 0 Å². The molecule has 3 aromatic carbocycles. The number of amides is 1. The lowest BCUT2D eigenvalue weighted by Crippen LogP contribution is -2.45. The molecule has 0 radical (unpaired) electrons. The molecule has 0 atom stereocenters. The summed E-state index contributed by atoms with van der Waals surface area (Å²) in [4.78, 5) is 38.9. The monoisotopic (exact) mass is 434 g/mol. The van der Waals surface area contributed by atoms with E-state index in [1.165, 1.54) is 30.3 Å². The fourth-order valence-electron chi connectivity index (χ4n) is 3.08. The van der Waals surface area contributed by atoms with E-state index in [-0.39, 0.29) is 12.2 Å². The largest absolute Gasteiger partial charge is 0.352 e. The number of nitrogens with zero attached hydrogens (tertiary/aromatic N) is 3. The Morgan fingerprint density at radius 2 is 1.59 bits per heavy atom. The summed E-state index contributed by atoms with van der Waals surface area (Å²) < 4.78 is 28.6. The molecule has 0 saturated carbocycles. The third-order valence-electron chi connectivity index (χ3n) is 4.61. The molecule has 1 heterocycles. The van der Waals surface area contributed by atoms with Crippen LogP contribution in [-0.4, -0.2) is 20.3 Å². The second kappa shape index (κ2) is 8.76. The van der Waals surface area contributed by atoms with Crippen molar-refractivity contribution in [3.63, 3.8) is 0 Å². The zero-order chi connectivity index (χ0) is 22.7. The SMILES string of the molecule is O=C(Nc1ccccc1)c1nn(-c2ccc(F)cc2)c(=O)n(Cc2cccc(F)c2)c1=O. The summed E-state index contributed by atoms with van der Waals surface area (Å²) in [6.07, 6.45) is 0. The fraction of sp³-hybridized carbons (Fsp3) is 0.0435. The second-order valence-corrected chi connectivity index (χ2v) is 6.86. The molecule has 1 aromatic heterocycles. The van der Waals surface area contributed by atoms with Crippen LogP contribution in [0.4, 0.5) is 14.5 Å². The van der Waals surface area contributed by atoms with Crippen LogP contribution in [-0.2, 0) is 6.54 Å². The number of hydrogen-bond donors (Lipinski definition) is 1. The molecule has 0 aliphatic carbocycles. The van der Waals surface area contributed by atoms with E-state index in [9.17, 15) is 23.2 Å². The second-order valence-electron chi connectivity index (χ2n) is 6.86. The fourth-order valence-corrected chi connectivity index (χ4v) is 3.08. The molecule has 0 aliphatic heterocycles. The standard InChI is InChI=1S/C23H16F2N4O3/c24-16-9-11-19(12-10-16)29-23(32)28(14-15-5-4-6-17(25)13-15)22(31)20(27-29)21(30)26-18-7-2-1-3-8-18/h1-13H,14H2,(H,26,30). The minimum atomic E-state index is -0.939. The molecule has 1 N–H and O–H groups in total. The molecule has 0 fully saturated rings. The summed E-state index contributed by atoms with van der Waals surface area (Å²) >= 11 is 0. The first-order chi connectivity index (χ1) is 15.4. The molecule has 0 aliphatic rings. The highest BCUT2D eigenvalue weighted by Crippen LogP contribution is 2.09. The van der Waals surface area contributed by atoms with Gasteiger partial charge in [0.1, 0.15) is 11.6 Å². The summed E-state index contributed by atoms with van der Waals surface area (Å²) in [6.45, 7) is -0.287. The highest BCUT2D eigenvalue weighted by atomic mass is 19.1. The lowest BCUT2D eigenvalue weighted by molar-refractivity contribution is 0.101. The van der Waals surface area contributed by atoms with Crippen LogP contribution in [0, 0.1) is 11.6 Å². The average Bonchev–Trinajstić information content (AvgIpc) is 2.78. The molecule has 9 heteroatoms. The van der Waals surface area contributed by atoms with Crippen molar-refractivity contribution >= 4 is 11.6 Å². The Balaban J connectivity index is 1.86. The number of carbonyl (C=O) groups is 1. The molecule has 0 saturated heterocycles. The van der Waals surface area contributed by atoms with Crippen molar-refractivity contribution in [2.24, 2.45) is 0 Å². The van der Waals surface area contributed by atoms with Gasteiger partial charge in [0.15, 0.2) is 0 Å². The smallest absolute Gasteiger partial charge is 0.320 e. The van der Waals surface area contributed by atoms with Gasteiger partial charge in [0, 0.05) is 5.69 Å². The summed E-state index contributed by atoms with van der Waals surface area (Å²) in [7, 11) is 0. The van der Waals surface area contributed by atoms with Gasteiger partial charge in [0.2, 0.25) is 5.69 Å². The van der Waals surface area contributed by atoms with E-state index < -0.39 is 34.5 Å². The van der Waals surface area contributed by atoms with E-state index in [0.29, 0.717) is 11.3 Å². The van der Waals surface area contributed by atoms with E-state index in [2.05, 4.69) is 10.4 Å². The Bertz CT molecular complexity index is 1400. The maximum absolute atomic E-state index is 13.6. The Hall–Kier alpha value is -4.40. The number of carbonyl (C=O) groups excluding carboxylic acids is 1. The van der Waals surface area contributed by atoms with Crippen molar-refractivity contribution in [1.82, 2.24) is 14.3 Å². The van der Waals surface area contributed by atoms with Gasteiger partial charge in [-0.3, -0.25) is 14.2 Å². The van der Waals surface area contributed by atoms with Crippen molar-refractivity contribution < 1.29 is 13.6 Å². The number of para-hydroxylation sites is 1. The van der Waals surface area contributed by atoms with Gasteiger partial charge in [-0.2, -0.15) is 9.78 Å². The summed E-state index contributed by atoms with van der Waals surface area (Å²) in [5, 5.41) is 6.51. The molecule has 0 spiro atoms. The number of rotatable bonds is 5. The first kappa shape index (κ1) is 20.9. The highest BCUT2D eigenvalue weighted by molar-refractivity contribution is 6.02. The summed E-state index contributed by atoms with van der Waals surface area (Å²) in [6, 6.07) is 18.6. The highest BCUT2D eigenvalue weighted by Gasteiger charge is 2.21. The Kier molecular flexibility index (Phi) is 5.71. The molecule has 7 nitrogen and oxygen atoms in total. The van der Waals surface area contributed by atoms with Crippen molar-refractivity contribution in [1.29, 1.82) is 0 Å². The van der Waals surface area contributed by atoms with Gasteiger partial charge in [-0.25, -0.2) is 13.6 Å². The topological polar surface area (TPSA) is 86.0 Å². The minimum absolute atomic E-state index is 0.151. The van der Waals surface area contributed by atoms with Crippen LogP contribution < -0.4 is 16.6 Å². The number of nitrogens with one attached hydrogen (secondary N) is 1. The van der Waals surface area contributed by atoms with Crippen molar-refractivity contribution in [3.05, 3.63) is 123 Å². The van der Waals surface area contributed by atoms with Gasteiger partial charge in [-0.05, 0) is 54.1 Å². The van der Waals surface area contributed by atoms with Crippen LogP contribution in [0.15, 0.2) is 88.5 Å². The van der Waals surface area contributed by atoms with Crippen LogP contribution in [0.2, 0.25) is 0 Å². The van der Waals surface area contributed by atoms with E-state index in [0.717, 1.165) is 21.4 Å². The number of hydrogen-bond acceptors (Lipinski definition) is 4.